The van der Waals surface area contributed by atoms with Crippen molar-refractivity contribution in [1.82, 2.24) is 19.7 Å². The molecule has 0 aliphatic carbocycles. The number of ether oxygens (including phenoxy) is 1. The molecule has 0 saturated heterocycles. The van der Waals surface area contributed by atoms with Crippen LogP contribution in [0.15, 0.2) is 24.8 Å². The average Bonchev–Trinajstić information content (AvgIpc) is 2.81. The molecule has 2 rings (SSSR count). The second-order valence-corrected chi connectivity index (χ2v) is 4.77. The monoisotopic (exact) mass is 291 g/mol. The number of hydrogen-bond donors (Lipinski definition) is 2. The molecule has 1 atom stereocenters. The maximum atomic E-state index is 11.4. The first kappa shape index (κ1) is 14.8. The molecule has 0 fully saturated rings. The minimum Gasteiger partial charge on any atom is -0.479 e. The molecule has 0 bridgehead atoms. The van der Waals surface area contributed by atoms with Gasteiger partial charge in [0, 0.05) is 24.9 Å². The lowest BCUT2D eigenvalue weighted by molar-refractivity contribution is -0.138. The summed E-state index contributed by atoms with van der Waals surface area (Å²) in [5.74, 6) is -0.261. The van der Waals surface area contributed by atoms with E-state index in [1.165, 1.54) is 12.5 Å². The van der Waals surface area contributed by atoms with Gasteiger partial charge in [-0.05, 0) is 13.8 Å². The number of hydrogen-bond acceptors (Lipinski definition) is 6. The summed E-state index contributed by atoms with van der Waals surface area (Å²) in [6.45, 7) is 3.76. The van der Waals surface area contributed by atoms with Crippen LogP contribution in [-0.4, -0.2) is 36.9 Å². The number of carbonyl (C=O) groups is 1. The number of carboxylic acid groups (broad SMARTS) is 1. The maximum absolute atomic E-state index is 11.4. The maximum Gasteiger partial charge on any atom is 0.330 e. The fraction of sp³-hybridized carbons (Fsp3) is 0.385. The van der Waals surface area contributed by atoms with E-state index in [1.54, 1.807) is 24.0 Å². The summed E-state index contributed by atoms with van der Waals surface area (Å²) in [7, 11) is 1.72. The summed E-state index contributed by atoms with van der Waals surface area (Å²) in [5, 5.41) is 16.1. The van der Waals surface area contributed by atoms with Crippen molar-refractivity contribution < 1.29 is 14.6 Å². The summed E-state index contributed by atoms with van der Waals surface area (Å²) in [6, 6.07) is 0.618. The molecule has 8 nitrogen and oxygen atoms in total. The van der Waals surface area contributed by atoms with Crippen LogP contribution in [0, 0.1) is 0 Å². The van der Waals surface area contributed by atoms with Gasteiger partial charge in [-0.3, -0.25) is 4.68 Å². The van der Waals surface area contributed by atoms with Gasteiger partial charge in [-0.1, -0.05) is 0 Å². The third-order valence-electron chi connectivity index (χ3n) is 2.60. The molecule has 2 aromatic heterocycles. The molecule has 0 aromatic carbocycles. The Morgan fingerprint density at radius 3 is 2.76 bits per heavy atom. The van der Waals surface area contributed by atoms with Gasteiger partial charge >= 0.3 is 5.97 Å². The number of aromatic nitrogens is 4. The lowest BCUT2D eigenvalue weighted by Crippen LogP contribution is -2.21. The summed E-state index contributed by atoms with van der Waals surface area (Å²) >= 11 is 0. The lowest BCUT2D eigenvalue weighted by Gasteiger charge is -2.14. The molecule has 112 valence electrons. The highest BCUT2D eigenvalue weighted by atomic mass is 16.5. The van der Waals surface area contributed by atoms with E-state index in [2.05, 4.69) is 20.4 Å². The van der Waals surface area contributed by atoms with Gasteiger partial charge in [0.15, 0.2) is 6.04 Å². The van der Waals surface area contributed by atoms with Gasteiger partial charge in [0.2, 0.25) is 5.88 Å². The summed E-state index contributed by atoms with van der Waals surface area (Å²) in [5.41, 5.74) is 0.537. The zero-order valence-corrected chi connectivity index (χ0v) is 12.0. The van der Waals surface area contributed by atoms with Crippen LogP contribution in [0.25, 0.3) is 0 Å². The Balaban J connectivity index is 2.19. The average molecular weight is 291 g/mol. The molecule has 0 spiro atoms. The van der Waals surface area contributed by atoms with E-state index in [0.29, 0.717) is 17.3 Å². The minimum absolute atomic E-state index is 0.0265. The van der Waals surface area contributed by atoms with Gasteiger partial charge < -0.3 is 15.2 Å². The number of aryl methyl sites for hydroxylation is 1. The molecule has 2 aromatic rings. The molecule has 2 heterocycles. The zero-order valence-electron chi connectivity index (χ0n) is 12.0. The molecule has 1 unspecified atom stereocenters. The van der Waals surface area contributed by atoms with Crippen LogP contribution in [0.1, 0.15) is 25.5 Å². The fourth-order valence-electron chi connectivity index (χ4n) is 1.75. The fourth-order valence-corrected chi connectivity index (χ4v) is 1.75. The molecule has 0 amide bonds. The van der Waals surface area contributed by atoms with Crippen molar-refractivity contribution in [3.05, 3.63) is 30.4 Å². The molecule has 0 aliphatic rings. The predicted octanol–water partition coefficient (Wildman–Crippen LogP) is 1.24. The number of anilines is 1. The van der Waals surface area contributed by atoms with Crippen molar-refractivity contribution in [2.75, 3.05) is 5.32 Å². The Morgan fingerprint density at radius 1 is 1.43 bits per heavy atom. The van der Waals surface area contributed by atoms with E-state index >= 15 is 0 Å². The zero-order chi connectivity index (χ0) is 15.4. The molecule has 0 saturated carbocycles. The van der Waals surface area contributed by atoms with Crippen LogP contribution in [0.3, 0.4) is 0 Å². The number of carboxylic acids is 1. The van der Waals surface area contributed by atoms with Crippen LogP contribution in [-0.2, 0) is 11.8 Å². The van der Waals surface area contributed by atoms with Crippen molar-refractivity contribution >= 4 is 11.8 Å². The van der Waals surface area contributed by atoms with Gasteiger partial charge in [-0.15, -0.1) is 0 Å². The second kappa shape index (κ2) is 6.21. The van der Waals surface area contributed by atoms with Crippen molar-refractivity contribution in [3.8, 4) is 5.88 Å². The number of nitrogens with one attached hydrogen (secondary N) is 1. The third kappa shape index (κ3) is 3.91. The first-order valence-corrected chi connectivity index (χ1v) is 6.42. The summed E-state index contributed by atoms with van der Waals surface area (Å²) < 4.78 is 6.99. The van der Waals surface area contributed by atoms with Gasteiger partial charge in [-0.2, -0.15) is 5.10 Å². The highest BCUT2D eigenvalue weighted by Crippen LogP contribution is 2.20. The summed E-state index contributed by atoms with van der Waals surface area (Å²) in [6.07, 6.45) is 4.43. The van der Waals surface area contributed by atoms with Crippen molar-refractivity contribution in [2.24, 2.45) is 7.05 Å². The highest BCUT2D eigenvalue weighted by molar-refractivity contribution is 5.78. The van der Waals surface area contributed by atoms with Crippen LogP contribution in [0.5, 0.6) is 5.88 Å². The largest absolute Gasteiger partial charge is 0.479 e. The molecular weight excluding hydrogens is 274 g/mol. The third-order valence-corrected chi connectivity index (χ3v) is 2.60. The van der Waals surface area contributed by atoms with E-state index in [-0.39, 0.29) is 6.10 Å². The Hall–Kier alpha value is -2.64. The molecule has 0 radical (unpaired) electrons. The van der Waals surface area contributed by atoms with Gasteiger partial charge in [0.05, 0.1) is 12.3 Å². The molecule has 21 heavy (non-hydrogen) atoms. The van der Waals surface area contributed by atoms with Crippen LogP contribution in [0.4, 0.5) is 5.82 Å². The Kier molecular flexibility index (Phi) is 4.36. The smallest absolute Gasteiger partial charge is 0.330 e. The highest BCUT2D eigenvalue weighted by Gasteiger charge is 2.22. The number of nitrogens with zero attached hydrogens (tertiary/aromatic N) is 4. The normalized spacial score (nSPS) is 12.2. The Morgan fingerprint density at radius 2 is 2.19 bits per heavy atom. The Labute approximate surface area is 121 Å². The SMILES string of the molecule is CC(C)Oc1cc(NC(C(=O)O)c2cnn(C)c2)ncn1. The van der Waals surface area contributed by atoms with E-state index in [4.69, 9.17) is 4.74 Å². The van der Waals surface area contributed by atoms with Crippen LogP contribution >= 0.6 is 0 Å². The van der Waals surface area contributed by atoms with Gasteiger partial charge in [0.25, 0.3) is 0 Å². The van der Waals surface area contributed by atoms with E-state index in [1.807, 2.05) is 13.8 Å². The summed E-state index contributed by atoms with van der Waals surface area (Å²) in [4.78, 5) is 19.4. The molecule has 2 N–H and O–H groups in total. The molecule has 0 aliphatic heterocycles. The molecule has 8 heteroatoms. The van der Waals surface area contributed by atoms with Crippen molar-refractivity contribution in [2.45, 2.75) is 26.0 Å². The van der Waals surface area contributed by atoms with Crippen molar-refractivity contribution in [1.29, 1.82) is 0 Å². The topological polar surface area (TPSA) is 102 Å². The standard InChI is InChI=1S/C13H17N5O3/c1-8(2)21-11-4-10(14-7-15-11)17-12(13(19)20)9-5-16-18(3)6-9/h4-8,12H,1-3H3,(H,19,20)(H,14,15,17). The predicted molar refractivity (Wildman–Crippen MR) is 75.0 cm³/mol. The van der Waals surface area contributed by atoms with Crippen LogP contribution < -0.4 is 10.1 Å². The first-order valence-electron chi connectivity index (χ1n) is 6.42. The number of aliphatic carboxylic acids is 1. The van der Waals surface area contributed by atoms with Gasteiger partial charge in [0.1, 0.15) is 12.1 Å². The quantitative estimate of drug-likeness (QED) is 0.825. The lowest BCUT2D eigenvalue weighted by atomic mass is 10.1. The van der Waals surface area contributed by atoms with Gasteiger partial charge in [-0.25, -0.2) is 14.8 Å². The molecular formula is C13H17N5O3. The van der Waals surface area contributed by atoms with Crippen molar-refractivity contribution in [3.63, 3.8) is 0 Å². The van der Waals surface area contributed by atoms with E-state index < -0.39 is 12.0 Å². The Bertz CT molecular complexity index is 626. The van der Waals surface area contributed by atoms with Crippen LogP contribution in [0.2, 0.25) is 0 Å². The number of rotatable bonds is 6. The van der Waals surface area contributed by atoms with E-state index in [9.17, 15) is 9.90 Å². The first-order chi connectivity index (χ1) is 9.95. The minimum atomic E-state index is -1.02. The second-order valence-electron chi connectivity index (χ2n) is 4.77. The van der Waals surface area contributed by atoms with E-state index in [0.717, 1.165) is 0 Å².